The van der Waals surface area contributed by atoms with Crippen LogP contribution in [0.3, 0.4) is 0 Å². The third kappa shape index (κ3) is 2.43. The van der Waals surface area contributed by atoms with Crippen LogP contribution >= 0.6 is 11.6 Å². The van der Waals surface area contributed by atoms with Gasteiger partial charge < -0.3 is 15.4 Å². The van der Waals surface area contributed by atoms with Crippen LogP contribution in [0.1, 0.15) is 38.3 Å². The van der Waals surface area contributed by atoms with Crippen molar-refractivity contribution >= 4 is 11.6 Å². The van der Waals surface area contributed by atoms with E-state index in [1.165, 1.54) is 5.56 Å². The lowest BCUT2D eigenvalue weighted by atomic mass is 9.75. The second kappa shape index (κ2) is 5.55. The molecule has 2 aliphatic rings. The molecule has 0 saturated carbocycles. The van der Waals surface area contributed by atoms with E-state index < -0.39 is 0 Å². The molecule has 0 bridgehead atoms. The van der Waals surface area contributed by atoms with Crippen LogP contribution in [0.15, 0.2) is 18.2 Å². The molecule has 2 aliphatic heterocycles. The minimum absolute atomic E-state index is 0.0427. The maximum atomic E-state index is 6.47. The van der Waals surface area contributed by atoms with Gasteiger partial charge in [-0.25, -0.2) is 0 Å². The third-order valence-electron chi connectivity index (χ3n) is 4.73. The lowest BCUT2D eigenvalue weighted by Gasteiger charge is -2.48. The molecule has 20 heavy (non-hydrogen) atoms. The first-order valence-electron chi connectivity index (χ1n) is 7.57. The van der Waals surface area contributed by atoms with Crippen LogP contribution < -0.4 is 15.4 Å². The van der Waals surface area contributed by atoms with E-state index in [1.54, 1.807) is 0 Å². The Labute approximate surface area is 126 Å². The van der Waals surface area contributed by atoms with Gasteiger partial charge in [0.25, 0.3) is 0 Å². The monoisotopic (exact) mass is 294 g/mol. The second-order valence-corrected chi connectivity index (χ2v) is 6.45. The number of piperidine rings is 1. The summed E-state index contributed by atoms with van der Waals surface area (Å²) in [5.41, 5.74) is 1.16. The first kappa shape index (κ1) is 14.2. The van der Waals surface area contributed by atoms with Crippen LogP contribution in [0, 0.1) is 5.92 Å². The van der Waals surface area contributed by atoms with E-state index in [9.17, 15) is 0 Å². The summed E-state index contributed by atoms with van der Waals surface area (Å²) in [4.78, 5) is 0. The molecule has 3 atom stereocenters. The normalized spacial score (nSPS) is 32.8. The van der Waals surface area contributed by atoms with E-state index in [1.807, 2.05) is 18.2 Å². The number of hydrogen-bond acceptors (Lipinski definition) is 3. The molecule has 0 radical (unpaired) electrons. The van der Waals surface area contributed by atoms with Crippen LogP contribution in [0.4, 0.5) is 0 Å². The summed E-state index contributed by atoms with van der Waals surface area (Å²) >= 11 is 6.15. The molecule has 1 fully saturated rings. The van der Waals surface area contributed by atoms with E-state index in [-0.39, 0.29) is 5.60 Å². The Morgan fingerprint density at radius 3 is 3.10 bits per heavy atom. The molecule has 3 rings (SSSR count). The molecule has 4 heteroatoms. The highest BCUT2D eigenvalue weighted by molar-refractivity contribution is 6.30. The number of rotatable bonds is 2. The van der Waals surface area contributed by atoms with Gasteiger partial charge in [0.2, 0.25) is 0 Å². The van der Waals surface area contributed by atoms with Gasteiger partial charge in [-0.3, -0.25) is 0 Å². The van der Waals surface area contributed by atoms with Crippen molar-refractivity contribution in [2.75, 3.05) is 19.6 Å². The average molecular weight is 295 g/mol. The molecule has 3 nitrogen and oxygen atoms in total. The minimum Gasteiger partial charge on any atom is -0.486 e. The molecule has 1 saturated heterocycles. The van der Waals surface area contributed by atoms with Crippen molar-refractivity contribution in [3.05, 3.63) is 28.8 Å². The van der Waals surface area contributed by atoms with Gasteiger partial charge in [-0.15, -0.1) is 0 Å². The van der Waals surface area contributed by atoms with E-state index in [0.717, 1.165) is 43.2 Å². The van der Waals surface area contributed by atoms with E-state index >= 15 is 0 Å². The highest BCUT2D eigenvalue weighted by Gasteiger charge is 2.46. The molecular weight excluding hydrogens is 272 g/mol. The number of halogens is 1. The number of hydrogen-bond donors (Lipinski definition) is 2. The molecule has 2 N–H and O–H groups in total. The highest BCUT2D eigenvalue weighted by atomic mass is 35.5. The molecule has 3 unspecified atom stereocenters. The summed E-state index contributed by atoms with van der Waals surface area (Å²) in [7, 11) is 0. The SMILES string of the molecule is CCNC1CC2(CCNCC2C)Oc2ccc(Cl)cc21. The lowest BCUT2D eigenvalue weighted by molar-refractivity contribution is -0.0371. The number of fused-ring (bicyclic) bond motifs is 1. The Kier molecular flexibility index (Phi) is 3.93. The Balaban J connectivity index is 1.98. The van der Waals surface area contributed by atoms with E-state index in [0.29, 0.717) is 12.0 Å². The Morgan fingerprint density at radius 1 is 1.50 bits per heavy atom. The summed E-state index contributed by atoms with van der Waals surface area (Å²) in [6.07, 6.45) is 2.09. The zero-order valence-corrected chi connectivity index (χ0v) is 13.0. The number of nitrogens with one attached hydrogen (secondary N) is 2. The Morgan fingerprint density at radius 2 is 2.35 bits per heavy atom. The van der Waals surface area contributed by atoms with Crippen molar-refractivity contribution in [2.24, 2.45) is 5.92 Å². The van der Waals surface area contributed by atoms with Gasteiger partial charge in [-0.05, 0) is 37.7 Å². The summed E-state index contributed by atoms with van der Waals surface area (Å²) in [6, 6.07) is 6.33. The van der Waals surface area contributed by atoms with Gasteiger partial charge in [0, 0.05) is 35.5 Å². The molecule has 1 aromatic carbocycles. The standard InChI is InChI=1S/C16H23ClN2O/c1-3-19-14-9-16(6-7-18-10-11(16)2)20-15-5-4-12(17)8-13(14)15/h4-5,8,11,14,18-19H,3,6-7,9-10H2,1-2H3. The molecule has 0 aliphatic carbocycles. The van der Waals surface area contributed by atoms with Gasteiger partial charge in [0.15, 0.2) is 0 Å². The number of benzene rings is 1. The van der Waals surface area contributed by atoms with Crippen molar-refractivity contribution in [1.82, 2.24) is 10.6 Å². The fraction of sp³-hybridized carbons (Fsp3) is 0.625. The van der Waals surface area contributed by atoms with Crippen LogP contribution in [-0.4, -0.2) is 25.2 Å². The first-order valence-corrected chi connectivity index (χ1v) is 7.95. The molecule has 0 aromatic heterocycles. The second-order valence-electron chi connectivity index (χ2n) is 6.02. The van der Waals surface area contributed by atoms with Gasteiger partial charge in [-0.1, -0.05) is 25.4 Å². The zero-order valence-electron chi connectivity index (χ0n) is 12.2. The fourth-order valence-corrected chi connectivity index (χ4v) is 3.72. The molecular formula is C16H23ClN2O. The van der Waals surface area contributed by atoms with Gasteiger partial charge in [-0.2, -0.15) is 0 Å². The predicted molar refractivity (Wildman–Crippen MR) is 82.5 cm³/mol. The van der Waals surface area contributed by atoms with E-state index in [2.05, 4.69) is 24.5 Å². The maximum Gasteiger partial charge on any atom is 0.125 e. The largest absolute Gasteiger partial charge is 0.486 e. The lowest BCUT2D eigenvalue weighted by Crippen LogP contribution is -2.56. The predicted octanol–water partition coefficient (Wildman–Crippen LogP) is 3.14. The molecule has 2 heterocycles. The van der Waals surface area contributed by atoms with E-state index in [4.69, 9.17) is 16.3 Å². The summed E-state index contributed by atoms with van der Waals surface area (Å²) < 4.78 is 6.47. The van der Waals surface area contributed by atoms with Gasteiger partial charge in [0.05, 0.1) is 0 Å². The van der Waals surface area contributed by atoms with Gasteiger partial charge >= 0.3 is 0 Å². The molecule has 110 valence electrons. The van der Waals surface area contributed by atoms with Crippen LogP contribution in [0.5, 0.6) is 5.75 Å². The third-order valence-corrected chi connectivity index (χ3v) is 4.97. The summed E-state index contributed by atoms with van der Waals surface area (Å²) in [6.45, 7) is 7.46. The van der Waals surface area contributed by atoms with Crippen molar-refractivity contribution in [2.45, 2.75) is 38.3 Å². The average Bonchev–Trinajstić information content (AvgIpc) is 2.44. The summed E-state index contributed by atoms with van der Waals surface area (Å²) in [5, 5.41) is 7.85. The van der Waals surface area contributed by atoms with Crippen molar-refractivity contribution in [3.8, 4) is 5.75 Å². The van der Waals surface area contributed by atoms with Crippen LogP contribution in [0.2, 0.25) is 5.02 Å². The molecule has 0 amide bonds. The smallest absolute Gasteiger partial charge is 0.125 e. The van der Waals surface area contributed by atoms with Gasteiger partial charge in [0.1, 0.15) is 11.4 Å². The Hall–Kier alpha value is -0.770. The number of ether oxygens (including phenoxy) is 1. The fourth-order valence-electron chi connectivity index (χ4n) is 3.54. The quantitative estimate of drug-likeness (QED) is 0.879. The summed E-state index contributed by atoms with van der Waals surface area (Å²) in [5.74, 6) is 1.52. The molecule has 1 aromatic rings. The van der Waals surface area contributed by atoms with Crippen LogP contribution in [0.25, 0.3) is 0 Å². The highest BCUT2D eigenvalue weighted by Crippen LogP contribution is 2.46. The first-order chi connectivity index (χ1) is 9.64. The minimum atomic E-state index is -0.0427. The molecule has 1 spiro atoms. The van der Waals surface area contributed by atoms with Crippen molar-refractivity contribution < 1.29 is 4.74 Å². The topological polar surface area (TPSA) is 33.3 Å². The van der Waals surface area contributed by atoms with Crippen molar-refractivity contribution in [1.29, 1.82) is 0 Å². The van der Waals surface area contributed by atoms with Crippen LogP contribution in [-0.2, 0) is 0 Å². The van der Waals surface area contributed by atoms with Crippen molar-refractivity contribution in [3.63, 3.8) is 0 Å². The Bertz CT molecular complexity index is 493. The zero-order chi connectivity index (χ0) is 14.2. The maximum absolute atomic E-state index is 6.47.